The first-order chi connectivity index (χ1) is 12.6. The molecule has 0 spiro atoms. The monoisotopic (exact) mass is 372 g/mol. The van der Waals surface area contributed by atoms with E-state index in [0.717, 1.165) is 23.3 Å². The van der Waals surface area contributed by atoms with Crippen LogP contribution >= 0.6 is 0 Å². The molecule has 2 atom stereocenters. The van der Waals surface area contributed by atoms with Crippen LogP contribution in [0.2, 0.25) is 0 Å². The van der Waals surface area contributed by atoms with Crippen LogP contribution in [0.25, 0.3) is 0 Å². The molecule has 5 nitrogen and oxygen atoms in total. The third kappa shape index (κ3) is 3.60. The number of methoxy groups -OCH3 is 2. The minimum absolute atomic E-state index is 0.0326. The number of ether oxygens (including phenoxy) is 2. The molecule has 0 aliphatic carbocycles. The fourth-order valence-corrected chi connectivity index (χ4v) is 3.91. The second-order valence-corrected chi connectivity index (χ2v) is 7.38. The first-order valence-electron chi connectivity index (χ1n) is 8.58. The lowest BCUT2D eigenvalue weighted by molar-refractivity contribution is 0.355. The maximum Gasteiger partial charge on any atom is 0.161 e. The smallest absolute Gasteiger partial charge is 0.161 e. The van der Waals surface area contributed by atoms with E-state index >= 15 is 0 Å². The largest absolute Gasteiger partial charge is 0.493 e. The van der Waals surface area contributed by atoms with Gasteiger partial charge in [0.1, 0.15) is 11.0 Å². The number of hydrazone groups is 1. The van der Waals surface area contributed by atoms with E-state index in [-0.39, 0.29) is 6.04 Å². The Morgan fingerprint density at radius 3 is 2.38 bits per heavy atom. The molecule has 0 N–H and O–H groups in total. The van der Waals surface area contributed by atoms with Gasteiger partial charge in [-0.1, -0.05) is 31.2 Å². The van der Waals surface area contributed by atoms with Crippen molar-refractivity contribution in [3.63, 3.8) is 0 Å². The van der Waals surface area contributed by atoms with Crippen molar-refractivity contribution in [2.75, 3.05) is 20.5 Å². The van der Waals surface area contributed by atoms with E-state index < -0.39 is 11.0 Å². The highest BCUT2D eigenvalue weighted by atomic mass is 32.2. The van der Waals surface area contributed by atoms with Crippen molar-refractivity contribution in [1.29, 1.82) is 0 Å². The SMILES string of the molecule is CCc1ccc(C2CC(c3ccc(OC)c(OC)c3)=NN2S(C)=O)cc1. The van der Waals surface area contributed by atoms with Crippen LogP contribution < -0.4 is 9.47 Å². The third-order valence-electron chi connectivity index (χ3n) is 4.63. The van der Waals surface area contributed by atoms with Gasteiger partial charge in [-0.2, -0.15) is 5.10 Å². The van der Waals surface area contributed by atoms with Gasteiger partial charge in [-0.3, -0.25) is 0 Å². The van der Waals surface area contributed by atoms with Gasteiger partial charge >= 0.3 is 0 Å². The average Bonchev–Trinajstić information content (AvgIpc) is 3.13. The Morgan fingerprint density at radius 2 is 1.81 bits per heavy atom. The first-order valence-corrected chi connectivity index (χ1v) is 10.1. The Morgan fingerprint density at radius 1 is 1.12 bits per heavy atom. The molecule has 0 bridgehead atoms. The summed E-state index contributed by atoms with van der Waals surface area (Å²) in [6.07, 6.45) is 3.36. The topological polar surface area (TPSA) is 51.1 Å². The number of rotatable bonds is 6. The van der Waals surface area contributed by atoms with Crippen LogP contribution in [0, 0.1) is 0 Å². The fourth-order valence-electron chi connectivity index (χ4n) is 3.14. The Bertz CT molecular complexity index is 833. The molecule has 0 saturated heterocycles. The first kappa shape index (κ1) is 18.5. The molecule has 3 rings (SSSR count). The number of aryl methyl sites for hydroxylation is 1. The minimum Gasteiger partial charge on any atom is -0.493 e. The highest BCUT2D eigenvalue weighted by Crippen LogP contribution is 2.35. The van der Waals surface area contributed by atoms with Gasteiger partial charge in [0.2, 0.25) is 0 Å². The predicted molar refractivity (Wildman–Crippen MR) is 105 cm³/mol. The maximum absolute atomic E-state index is 12.2. The second-order valence-electron chi connectivity index (χ2n) is 6.16. The molecule has 0 aromatic heterocycles. The normalized spacial score (nSPS) is 17.8. The van der Waals surface area contributed by atoms with Crippen molar-refractivity contribution < 1.29 is 13.7 Å². The number of hydrogen-bond acceptors (Lipinski definition) is 4. The van der Waals surface area contributed by atoms with E-state index in [1.807, 2.05) is 18.2 Å². The van der Waals surface area contributed by atoms with E-state index in [0.29, 0.717) is 17.9 Å². The summed E-state index contributed by atoms with van der Waals surface area (Å²) in [5.41, 5.74) is 4.25. The molecule has 0 radical (unpaired) electrons. The molecule has 2 aromatic rings. The van der Waals surface area contributed by atoms with Crippen molar-refractivity contribution >= 4 is 16.7 Å². The molecule has 138 valence electrons. The lowest BCUT2D eigenvalue weighted by atomic mass is 9.98. The van der Waals surface area contributed by atoms with Gasteiger partial charge in [0.25, 0.3) is 0 Å². The Hall–Kier alpha value is -2.34. The van der Waals surface area contributed by atoms with Crippen LogP contribution in [0.1, 0.15) is 36.1 Å². The molecule has 1 aliphatic heterocycles. The molecule has 26 heavy (non-hydrogen) atoms. The fraction of sp³-hybridized carbons (Fsp3) is 0.350. The van der Waals surface area contributed by atoms with Gasteiger partial charge in [-0.25, -0.2) is 8.62 Å². The quantitative estimate of drug-likeness (QED) is 0.777. The van der Waals surface area contributed by atoms with Gasteiger partial charge in [-0.15, -0.1) is 0 Å². The molecule has 1 heterocycles. The van der Waals surface area contributed by atoms with Gasteiger partial charge in [0.05, 0.1) is 26.0 Å². The Kier molecular flexibility index (Phi) is 5.61. The molecule has 2 aromatic carbocycles. The third-order valence-corrected chi connectivity index (χ3v) is 5.49. The zero-order chi connectivity index (χ0) is 18.7. The summed E-state index contributed by atoms with van der Waals surface area (Å²) in [5.74, 6) is 1.34. The Labute approximate surface area is 157 Å². The summed E-state index contributed by atoms with van der Waals surface area (Å²) in [6, 6.07) is 14.2. The van der Waals surface area contributed by atoms with Crippen LogP contribution in [0.3, 0.4) is 0 Å². The van der Waals surface area contributed by atoms with Crippen molar-refractivity contribution in [3.8, 4) is 11.5 Å². The maximum atomic E-state index is 12.2. The summed E-state index contributed by atoms with van der Waals surface area (Å²) in [7, 11) is 2.03. The predicted octanol–water partition coefficient (Wildman–Crippen LogP) is 3.71. The summed E-state index contributed by atoms with van der Waals surface area (Å²) in [4.78, 5) is 0. The number of hydrogen-bond donors (Lipinski definition) is 0. The van der Waals surface area contributed by atoms with Gasteiger partial charge in [-0.05, 0) is 35.7 Å². The van der Waals surface area contributed by atoms with Crippen LogP contribution in [0.4, 0.5) is 0 Å². The minimum atomic E-state index is -1.20. The van der Waals surface area contributed by atoms with Gasteiger partial charge in [0, 0.05) is 18.2 Å². The molecule has 1 aliphatic rings. The van der Waals surface area contributed by atoms with Crippen molar-refractivity contribution in [2.24, 2.45) is 5.10 Å². The van der Waals surface area contributed by atoms with E-state index in [9.17, 15) is 4.21 Å². The van der Waals surface area contributed by atoms with Crippen LogP contribution in [0.15, 0.2) is 47.6 Å². The van der Waals surface area contributed by atoms with E-state index in [1.54, 1.807) is 24.9 Å². The summed E-state index contributed by atoms with van der Waals surface area (Å²) >= 11 is 0. The molecule has 6 heteroatoms. The van der Waals surface area contributed by atoms with Gasteiger partial charge < -0.3 is 9.47 Å². The highest BCUT2D eigenvalue weighted by molar-refractivity contribution is 7.81. The molecular weight excluding hydrogens is 348 g/mol. The zero-order valence-corrected chi connectivity index (χ0v) is 16.4. The van der Waals surface area contributed by atoms with Crippen molar-refractivity contribution in [3.05, 3.63) is 59.2 Å². The van der Waals surface area contributed by atoms with Crippen molar-refractivity contribution in [1.82, 2.24) is 4.41 Å². The molecule has 2 unspecified atom stereocenters. The summed E-state index contributed by atoms with van der Waals surface area (Å²) in [6.45, 7) is 2.14. The molecule has 0 saturated carbocycles. The summed E-state index contributed by atoms with van der Waals surface area (Å²) in [5, 5.41) is 4.64. The van der Waals surface area contributed by atoms with E-state index in [4.69, 9.17) is 9.47 Å². The Balaban J connectivity index is 1.92. The second kappa shape index (κ2) is 7.91. The van der Waals surface area contributed by atoms with E-state index in [1.165, 1.54) is 5.56 Å². The standard InChI is InChI=1S/C20H24N2O3S/c1-5-14-6-8-15(9-7-14)18-13-17(21-22(18)26(4)23)16-10-11-19(24-2)20(12-16)25-3/h6-12,18H,5,13H2,1-4H3. The molecule has 0 fully saturated rings. The lowest BCUT2D eigenvalue weighted by Gasteiger charge is -2.20. The van der Waals surface area contributed by atoms with Gasteiger partial charge in [0.15, 0.2) is 11.5 Å². The van der Waals surface area contributed by atoms with Crippen LogP contribution in [0.5, 0.6) is 11.5 Å². The van der Waals surface area contributed by atoms with Crippen LogP contribution in [-0.4, -0.2) is 34.8 Å². The molecule has 0 amide bonds. The zero-order valence-electron chi connectivity index (χ0n) is 15.6. The van der Waals surface area contributed by atoms with Crippen molar-refractivity contribution in [2.45, 2.75) is 25.8 Å². The average molecular weight is 372 g/mol. The summed E-state index contributed by atoms with van der Waals surface area (Å²) < 4.78 is 24.6. The van der Waals surface area contributed by atoms with E-state index in [2.05, 4.69) is 36.3 Å². The lowest BCUT2D eigenvalue weighted by Crippen LogP contribution is -2.20. The number of benzene rings is 2. The molecular formula is C20H24N2O3S. The highest BCUT2D eigenvalue weighted by Gasteiger charge is 2.31. The number of nitrogens with zero attached hydrogens (tertiary/aromatic N) is 2. The van der Waals surface area contributed by atoms with Crippen LogP contribution in [-0.2, 0) is 17.4 Å².